The van der Waals surface area contributed by atoms with Crippen LogP contribution in [0.3, 0.4) is 0 Å². The van der Waals surface area contributed by atoms with Gasteiger partial charge in [-0.1, -0.05) is 28.1 Å². The van der Waals surface area contributed by atoms with Gasteiger partial charge in [0.2, 0.25) is 0 Å². The Morgan fingerprint density at radius 2 is 2.10 bits per heavy atom. The summed E-state index contributed by atoms with van der Waals surface area (Å²) in [7, 11) is 2.04. The largest absolute Gasteiger partial charge is 0.477 e. The minimum atomic E-state index is -0.848. The number of benzene rings is 1. The van der Waals surface area contributed by atoms with Crippen LogP contribution in [0.2, 0.25) is 0 Å². The molecular formula is C15H16BrNO2S. The molecule has 2 rings (SSSR count). The van der Waals surface area contributed by atoms with Gasteiger partial charge < -0.3 is 5.11 Å². The molecule has 2 aromatic rings. The van der Waals surface area contributed by atoms with Gasteiger partial charge in [0.05, 0.1) is 0 Å². The van der Waals surface area contributed by atoms with Crippen molar-refractivity contribution in [2.24, 2.45) is 0 Å². The maximum atomic E-state index is 11.0. The van der Waals surface area contributed by atoms with Gasteiger partial charge in [0.1, 0.15) is 4.88 Å². The van der Waals surface area contributed by atoms with Crippen molar-refractivity contribution in [3.05, 3.63) is 55.7 Å². The van der Waals surface area contributed by atoms with Gasteiger partial charge in [0.15, 0.2) is 0 Å². The van der Waals surface area contributed by atoms with Crippen LogP contribution in [0.5, 0.6) is 0 Å². The van der Waals surface area contributed by atoms with Crippen molar-refractivity contribution >= 4 is 33.2 Å². The molecule has 0 unspecified atom stereocenters. The van der Waals surface area contributed by atoms with Crippen LogP contribution >= 0.6 is 27.3 Å². The molecule has 0 radical (unpaired) electrons. The van der Waals surface area contributed by atoms with E-state index in [1.165, 1.54) is 16.9 Å². The molecule has 0 spiro atoms. The topological polar surface area (TPSA) is 40.5 Å². The first-order valence-corrected chi connectivity index (χ1v) is 7.82. The van der Waals surface area contributed by atoms with Crippen molar-refractivity contribution in [3.63, 3.8) is 0 Å². The number of aryl methyl sites for hydroxylation is 1. The molecule has 5 heteroatoms. The number of rotatable bonds is 5. The number of carboxylic acids is 1. The highest BCUT2D eigenvalue weighted by molar-refractivity contribution is 9.10. The molecule has 0 saturated heterocycles. The third-order valence-electron chi connectivity index (χ3n) is 3.01. The third-order valence-corrected chi connectivity index (χ3v) is 4.59. The summed E-state index contributed by atoms with van der Waals surface area (Å²) in [6.07, 6.45) is 0. The molecule has 0 saturated carbocycles. The molecule has 3 nitrogen and oxygen atoms in total. The van der Waals surface area contributed by atoms with Crippen molar-refractivity contribution in [2.75, 3.05) is 7.05 Å². The molecule has 0 amide bonds. The van der Waals surface area contributed by atoms with Crippen LogP contribution in [0.25, 0.3) is 0 Å². The first-order valence-electron chi connectivity index (χ1n) is 6.21. The molecule has 20 heavy (non-hydrogen) atoms. The van der Waals surface area contributed by atoms with E-state index in [0.717, 1.165) is 28.0 Å². The average Bonchev–Trinajstić information content (AvgIpc) is 2.71. The average molecular weight is 354 g/mol. The number of nitrogens with zero attached hydrogens (tertiary/aromatic N) is 1. The highest BCUT2D eigenvalue weighted by atomic mass is 79.9. The summed E-state index contributed by atoms with van der Waals surface area (Å²) < 4.78 is 1.07. The lowest BCUT2D eigenvalue weighted by molar-refractivity contribution is 0.0702. The van der Waals surface area contributed by atoms with E-state index in [0.29, 0.717) is 4.88 Å². The zero-order valence-corrected chi connectivity index (χ0v) is 13.8. The molecular weight excluding hydrogens is 338 g/mol. The number of carbonyl (C=O) groups is 1. The number of aromatic carboxylic acids is 1. The predicted molar refractivity (Wildman–Crippen MR) is 85.3 cm³/mol. The highest BCUT2D eigenvalue weighted by Gasteiger charge is 2.12. The number of hydrogen-bond acceptors (Lipinski definition) is 3. The van der Waals surface area contributed by atoms with Gasteiger partial charge in [0, 0.05) is 22.4 Å². The zero-order valence-electron chi connectivity index (χ0n) is 11.4. The van der Waals surface area contributed by atoms with Gasteiger partial charge in [-0.25, -0.2) is 4.79 Å². The minimum Gasteiger partial charge on any atom is -0.477 e. The first-order chi connectivity index (χ1) is 9.45. The Balaban J connectivity index is 2.04. The Morgan fingerprint density at radius 3 is 2.70 bits per heavy atom. The fourth-order valence-electron chi connectivity index (χ4n) is 2.08. The summed E-state index contributed by atoms with van der Waals surface area (Å²) in [5.41, 5.74) is 2.32. The zero-order chi connectivity index (χ0) is 14.7. The standard InChI is InChI=1S/C15H16BrNO2S/c1-10-12(7-14(20-10)15(18)19)9-17(2)8-11-4-3-5-13(16)6-11/h3-7H,8-9H2,1-2H3,(H,18,19). The van der Waals surface area contributed by atoms with Crippen molar-refractivity contribution in [2.45, 2.75) is 20.0 Å². The van der Waals surface area contributed by atoms with Crippen LogP contribution < -0.4 is 0 Å². The third kappa shape index (κ3) is 3.91. The number of halogens is 1. The molecule has 1 heterocycles. The summed E-state index contributed by atoms with van der Waals surface area (Å²) >= 11 is 4.81. The molecule has 1 aromatic carbocycles. The second-order valence-corrected chi connectivity index (χ2v) is 6.97. The number of carboxylic acid groups (broad SMARTS) is 1. The number of thiophene rings is 1. The van der Waals surface area contributed by atoms with E-state index in [4.69, 9.17) is 5.11 Å². The molecule has 0 aliphatic carbocycles. The molecule has 106 valence electrons. The molecule has 0 aliphatic rings. The van der Waals surface area contributed by atoms with Gasteiger partial charge in [-0.05, 0) is 43.3 Å². The second-order valence-electron chi connectivity index (χ2n) is 4.80. The van der Waals surface area contributed by atoms with Gasteiger partial charge in [-0.2, -0.15) is 0 Å². The fraction of sp³-hybridized carbons (Fsp3) is 0.267. The molecule has 0 aliphatic heterocycles. The molecule has 0 bridgehead atoms. The Morgan fingerprint density at radius 1 is 1.35 bits per heavy atom. The van der Waals surface area contributed by atoms with Crippen LogP contribution in [0.4, 0.5) is 0 Å². The van der Waals surface area contributed by atoms with Gasteiger partial charge in [0.25, 0.3) is 0 Å². The monoisotopic (exact) mass is 353 g/mol. The Hall–Kier alpha value is -1.17. The fourth-order valence-corrected chi connectivity index (χ4v) is 3.40. The molecule has 0 atom stereocenters. The summed E-state index contributed by atoms with van der Waals surface area (Å²) in [6, 6.07) is 9.99. The van der Waals surface area contributed by atoms with Crippen molar-refractivity contribution in [1.29, 1.82) is 0 Å². The van der Waals surface area contributed by atoms with E-state index in [1.54, 1.807) is 6.07 Å². The maximum absolute atomic E-state index is 11.0. The van der Waals surface area contributed by atoms with Crippen LogP contribution in [0.1, 0.15) is 25.7 Å². The quantitative estimate of drug-likeness (QED) is 0.877. The van der Waals surface area contributed by atoms with E-state index in [1.807, 2.05) is 26.1 Å². The van der Waals surface area contributed by atoms with E-state index in [2.05, 4.69) is 33.0 Å². The predicted octanol–water partition coefficient (Wildman–Crippen LogP) is 4.15. The number of hydrogen-bond donors (Lipinski definition) is 1. The van der Waals surface area contributed by atoms with Crippen LogP contribution in [0, 0.1) is 6.92 Å². The summed E-state index contributed by atoms with van der Waals surface area (Å²) in [4.78, 5) is 14.6. The highest BCUT2D eigenvalue weighted by Crippen LogP contribution is 2.23. The van der Waals surface area contributed by atoms with E-state index in [9.17, 15) is 4.79 Å². The normalized spacial score (nSPS) is 11.0. The minimum absolute atomic E-state index is 0.411. The smallest absolute Gasteiger partial charge is 0.345 e. The molecule has 1 N–H and O–H groups in total. The van der Waals surface area contributed by atoms with Gasteiger partial charge in [-0.15, -0.1) is 11.3 Å². The van der Waals surface area contributed by atoms with Crippen LogP contribution in [-0.2, 0) is 13.1 Å². The maximum Gasteiger partial charge on any atom is 0.345 e. The SMILES string of the molecule is Cc1sc(C(=O)O)cc1CN(C)Cc1cccc(Br)c1. The van der Waals surface area contributed by atoms with E-state index in [-0.39, 0.29) is 0 Å². The first kappa shape index (κ1) is 15.2. The molecule has 0 fully saturated rings. The van der Waals surface area contributed by atoms with Crippen molar-refractivity contribution in [3.8, 4) is 0 Å². The lowest BCUT2D eigenvalue weighted by Gasteiger charge is -2.16. The van der Waals surface area contributed by atoms with Crippen LogP contribution in [-0.4, -0.2) is 23.0 Å². The van der Waals surface area contributed by atoms with Crippen molar-refractivity contribution in [1.82, 2.24) is 4.90 Å². The summed E-state index contributed by atoms with van der Waals surface area (Å²) in [5.74, 6) is -0.848. The van der Waals surface area contributed by atoms with E-state index >= 15 is 0 Å². The van der Waals surface area contributed by atoms with Gasteiger partial charge >= 0.3 is 5.97 Å². The summed E-state index contributed by atoms with van der Waals surface area (Å²) in [5, 5.41) is 9.01. The lowest BCUT2D eigenvalue weighted by Crippen LogP contribution is -2.17. The van der Waals surface area contributed by atoms with E-state index < -0.39 is 5.97 Å². The Labute approximate surface area is 131 Å². The van der Waals surface area contributed by atoms with Crippen molar-refractivity contribution < 1.29 is 9.90 Å². The summed E-state index contributed by atoms with van der Waals surface area (Å²) in [6.45, 7) is 3.55. The molecule has 1 aromatic heterocycles. The lowest BCUT2D eigenvalue weighted by atomic mass is 10.2. The van der Waals surface area contributed by atoms with Crippen LogP contribution in [0.15, 0.2) is 34.8 Å². The second kappa shape index (κ2) is 6.52. The van der Waals surface area contributed by atoms with Gasteiger partial charge in [-0.3, -0.25) is 4.90 Å². The Kier molecular flexibility index (Phi) is 4.96. The Bertz CT molecular complexity index is 624.